The number of benzene rings is 1. The monoisotopic (exact) mass is 310 g/mol. The zero-order valence-electron chi connectivity index (χ0n) is 13.7. The van der Waals surface area contributed by atoms with Crippen LogP contribution in [0.15, 0.2) is 60.7 Å². The van der Waals surface area contributed by atoms with Crippen molar-refractivity contribution in [2.45, 2.75) is 20.0 Å². The molecule has 0 bridgehead atoms. The predicted octanol–water partition coefficient (Wildman–Crippen LogP) is 3.61. The largest absolute Gasteiger partial charge is 0.458 e. The second kappa shape index (κ2) is 11.1. The molecular formula is C20H22O3. The van der Waals surface area contributed by atoms with Crippen LogP contribution in [0.5, 0.6) is 0 Å². The summed E-state index contributed by atoms with van der Waals surface area (Å²) in [4.78, 5) is 11.1. The van der Waals surface area contributed by atoms with Gasteiger partial charge in [0, 0.05) is 13.2 Å². The van der Waals surface area contributed by atoms with Crippen molar-refractivity contribution in [3.05, 3.63) is 71.8 Å². The molecule has 1 aromatic carbocycles. The van der Waals surface area contributed by atoms with E-state index in [-0.39, 0.29) is 6.61 Å². The van der Waals surface area contributed by atoms with Crippen molar-refractivity contribution in [1.82, 2.24) is 0 Å². The van der Waals surface area contributed by atoms with Gasteiger partial charge in [-0.3, -0.25) is 0 Å². The first-order valence-electron chi connectivity index (χ1n) is 7.33. The van der Waals surface area contributed by atoms with E-state index in [0.29, 0.717) is 6.61 Å². The first-order chi connectivity index (χ1) is 11.2. The molecule has 0 amide bonds. The first kappa shape index (κ1) is 18.5. The lowest BCUT2D eigenvalue weighted by Gasteiger charge is -2.04. The molecule has 0 aliphatic carbocycles. The van der Waals surface area contributed by atoms with Crippen LogP contribution in [0.2, 0.25) is 0 Å². The molecule has 1 aromatic rings. The van der Waals surface area contributed by atoms with Gasteiger partial charge in [0.2, 0.25) is 0 Å². The molecule has 0 spiro atoms. The van der Waals surface area contributed by atoms with Crippen molar-refractivity contribution < 1.29 is 14.3 Å². The van der Waals surface area contributed by atoms with Crippen molar-refractivity contribution in [2.75, 3.05) is 13.7 Å². The second-order valence-electron chi connectivity index (χ2n) is 4.78. The maximum Gasteiger partial charge on any atom is 0.330 e. The Balaban J connectivity index is 2.69. The van der Waals surface area contributed by atoms with Crippen molar-refractivity contribution in [2.24, 2.45) is 0 Å². The molecule has 0 heterocycles. The molecule has 0 saturated heterocycles. The van der Waals surface area contributed by atoms with Crippen molar-refractivity contribution in [1.29, 1.82) is 0 Å². The SMILES string of the molecule is C=CC(=O)OCC(/C=C\Cc1cccc(COC)c1)=C/C#CC. The lowest BCUT2D eigenvalue weighted by atomic mass is 10.1. The molecule has 0 fully saturated rings. The molecule has 0 N–H and O–H groups in total. The van der Waals surface area contributed by atoms with E-state index in [9.17, 15) is 4.79 Å². The summed E-state index contributed by atoms with van der Waals surface area (Å²) in [5, 5.41) is 0. The van der Waals surface area contributed by atoms with Crippen LogP contribution in [0.4, 0.5) is 0 Å². The molecule has 0 radical (unpaired) electrons. The Kier molecular flexibility index (Phi) is 8.88. The van der Waals surface area contributed by atoms with E-state index in [1.54, 1.807) is 20.1 Å². The van der Waals surface area contributed by atoms with Gasteiger partial charge in [-0.2, -0.15) is 0 Å². The molecule has 1 rings (SSSR count). The summed E-state index contributed by atoms with van der Waals surface area (Å²) in [6, 6.07) is 8.23. The standard InChI is InChI=1S/C20H22O3/c1-4-6-9-18(16-23-20(21)5-2)12-7-10-17-11-8-13-19(14-17)15-22-3/h5,7-9,11-14H,2,10,15-16H2,1,3H3/b12-7-,18-9+. The summed E-state index contributed by atoms with van der Waals surface area (Å²) in [6.07, 6.45) is 7.62. The number of allylic oxidation sites excluding steroid dienone is 2. The summed E-state index contributed by atoms with van der Waals surface area (Å²) >= 11 is 0. The molecule has 0 atom stereocenters. The molecular weight excluding hydrogens is 288 g/mol. The number of carbonyl (C=O) groups is 1. The Morgan fingerprint density at radius 2 is 2.13 bits per heavy atom. The number of ether oxygens (including phenoxy) is 2. The lowest BCUT2D eigenvalue weighted by Crippen LogP contribution is -2.03. The minimum Gasteiger partial charge on any atom is -0.458 e. The van der Waals surface area contributed by atoms with Crippen molar-refractivity contribution >= 4 is 5.97 Å². The highest BCUT2D eigenvalue weighted by Gasteiger charge is 1.98. The lowest BCUT2D eigenvalue weighted by molar-refractivity contribution is -0.136. The minimum atomic E-state index is -0.443. The fourth-order valence-electron chi connectivity index (χ4n) is 1.88. The molecule has 0 aromatic heterocycles. The van der Waals surface area contributed by atoms with Gasteiger partial charge in [-0.25, -0.2) is 4.79 Å². The smallest absolute Gasteiger partial charge is 0.330 e. The maximum atomic E-state index is 11.1. The van der Waals surface area contributed by atoms with E-state index in [2.05, 4.69) is 30.6 Å². The topological polar surface area (TPSA) is 35.5 Å². The van der Waals surface area contributed by atoms with Crippen molar-refractivity contribution in [3.63, 3.8) is 0 Å². The Labute approximate surface area is 138 Å². The molecule has 3 nitrogen and oxygen atoms in total. The van der Waals surface area contributed by atoms with E-state index in [0.717, 1.165) is 23.6 Å². The van der Waals surface area contributed by atoms with Gasteiger partial charge in [-0.1, -0.05) is 48.9 Å². The third-order valence-electron chi connectivity index (χ3n) is 2.94. The summed E-state index contributed by atoms with van der Waals surface area (Å²) < 4.78 is 10.2. The van der Waals surface area contributed by atoms with Gasteiger partial charge in [0.15, 0.2) is 0 Å². The zero-order chi connectivity index (χ0) is 16.9. The number of hydrogen-bond acceptors (Lipinski definition) is 3. The predicted molar refractivity (Wildman–Crippen MR) is 92.7 cm³/mol. The van der Waals surface area contributed by atoms with E-state index < -0.39 is 5.97 Å². The van der Waals surface area contributed by atoms with Gasteiger partial charge in [0.1, 0.15) is 6.61 Å². The van der Waals surface area contributed by atoms with E-state index in [1.165, 1.54) is 5.56 Å². The van der Waals surface area contributed by atoms with Gasteiger partial charge in [-0.05, 0) is 36.1 Å². The third-order valence-corrected chi connectivity index (χ3v) is 2.94. The van der Waals surface area contributed by atoms with Gasteiger partial charge in [0.25, 0.3) is 0 Å². The van der Waals surface area contributed by atoms with E-state index in [1.807, 2.05) is 24.3 Å². The van der Waals surface area contributed by atoms with E-state index >= 15 is 0 Å². The summed E-state index contributed by atoms with van der Waals surface area (Å²) in [5.41, 5.74) is 3.17. The van der Waals surface area contributed by atoms with E-state index in [4.69, 9.17) is 9.47 Å². The van der Waals surface area contributed by atoms with Crippen molar-refractivity contribution in [3.8, 4) is 11.8 Å². The fourth-order valence-corrected chi connectivity index (χ4v) is 1.88. The summed E-state index contributed by atoms with van der Waals surface area (Å²) in [7, 11) is 1.68. The highest BCUT2D eigenvalue weighted by atomic mass is 16.5. The van der Waals surface area contributed by atoms with Gasteiger partial charge < -0.3 is 9.47 Å². The van der Waals surface area contributed by atoms with Crippen LogP contribution in [-0.2, 0) is 27.3 Å². The molecule has 0 aliphatic rings. The first-order valence-corrected chi connectivity index (χ1v) is 7.33. The number of esters is 1. The normalized spacial score (nSPS) is 11.0. The number of hydrogen-bond donors (Lipinski definition) is 0. The van der Waals surface area contributed by atoms with Gasteiger partial charge in [-0.15, -0.1) is 5.92 Å². The second-order valence-corrected chi connectivity index (χ2v) is 4.78. The average Bonchev–Trinajstić information content (AvgIpc) is 2.57. The molecule has 3 heteroatoms. The molecule has 0 aliphatic heterocycles. The minimum absolute atomic E-state index is 0.180. The molecule has 0 saturated carbocycles. The van der Waals surface area contributed by atoms with Crippen LogP contribution in [0.25, 0.3) is 0 Å². The van der Waals surface area contributed by atoms with Crippen LogP contribution in [-0.4, -0.2) is 19.7 Å². The molecule has 23 heavy (non-hydrogen) atoms. The van der Waals surface area contributed by atoms with Gasteiger partial charge >= 0.3 is 5.97 Å². The molecule has 0 unspecified atom stereocenters. The van der Waals surface area contributed by atoms with Crippen LogP contribution in [0.1, 0.15) is 18.1 Å². The third kappa shape index (κ3) is 7.85. The quantitative estimate of drug-likeness (QED) is 0.318. The Morgan fingerprint density at radius 3 is 2.83 bits per heavy atom. The molecule has 120 valence electrons. The van der Waals surface area contributed by atoms with Crippen LogP contribution < -0.4 is 0 Å². The Hall–Kier alpha value is -2.57. The Morgan fingerprint density at radius 1 is 1.35 bits per heavy atom. The van der Waals surface area contributed by atoms with Crippen LogP contribution in [0.3, 0.4) is 0 Å². The van der Waals surface area contributed by atoms with Crippen LogP contribution in [0, 0.1) is 11.8 Å². The average molecular weight is 310 g/mol. The fraction of sp³-hybridized carbons (Fsp3) is 0.250. The summed E-state index contributed by atoms with van der Waals surface area (Å²) in [5.74, 6) is 5.22. The zero-order valence-corrected chi connectivity index (χ0v) is 13.7. The van der Waals surface area contributed by atoms with Crippen LogP contribution >= 0.6 is 0 Å². The van der Waals surface area contributed by atoms with Gasteiger partial charge in [0.05, 0.1) is 6.61 Å². The highest BCUT2D eigenvalue weighted by molar-refractivity contribution is 5.81. The number of carbonyl (C=O) groups excluding carboxylic acids is 1. The maximum absolute atomic E-state index is 11.1. The highest BCUT2D eigenvalue weighted by Crippen LogP contribution is 2.08. The number of rotatable bonds is 8. The summed E-state index contributed by atoms with van der Waals surface area (Å²) in [6.45, 7) is 5.92. The number of methoxy groups -OCH3 is 1. The Bertz CT molecular complexity index is 642.